The summed E-state index contributed by atoms with van der Waals surface area (Å²) >= 11 is 5.82. The maximum Gasteiger partial charge on any atom is 0.360 e. The van der Waals surface area contributed by atoms with E-state index < -0.39 is 11.8 Å². The number of carbonyl (C=O) groups is 1. The highest BCUT2D eigenvalue weighted by atomic mass is 35.5. The molecule has 0 aliphatic rings. The average molecular weight is 299 g/mol. The Balaban J connectivity index is 2.27. The lowest BCUT2D eigenvalue weighted by Crippen LogP contribution is -2.10. The smallest absolute Gasteiger partial charge is 0.360 e. The van der Waals surface area contributed by atoms with Crippen LogP contribution in [0.2, 0.25) is 0 Å². The average Bonchev–Trinajstić information content (AvgIpc) is 2.82. The van der Waals surface area contributed by atoms with Crippen LogP contribution in [0.4, 0.5) is 4.39 Å². The van der Waals surface area contributed by atoms with Gasteiger partial charge in [-0.25, -0.2) is 13.9 Å². The van der Waals surface area contributed by atoms with E-state index in [1.807, 2.05) is 0 Å². The fourth-order valence-electron chi connectivity index (χ4n) is 1.67. The molecule has 0 saturated carbocycles. The maximum absolute atomic E-state index is 13.1. The highest BCUT2D eigenvalue weighted by Crippen LogP contribution is 2.13. The molecule has 0 aliphatic carbocycles. The van der Waals surface area contributed by atoms with Crippen LogP contribution in [0.3, 0.4) is 0 Å². The SMILES string of the molecule is CCOC(=O)c1nnn(Cc2cncc(F)c2)c1CCl. The number of carbonyl (C=O) groups excluding carboxylic acids is 1. The summed E-state index contributed by atoms with van der Waals surface area (Å²) in [7, 11) is 0. The first-order valence-electron chi connectivity index (χ1n) is 5.90. The predicted octanol–water partition coefficient (Wildman–Crippen LogP) is 1.78. The Kier molecular flexibility index (Phi) is 4.62. The van der Waals surface area contributed by atoms with Crippen LogP contribution < -0.4 is 0 Å². The predicted molar refractivity (Wildman–Crippen MR) is 68.8 cm³/mol. The van der Waals surface area contributed by atoms with E-state index in [-0.39, 0.29) is 24.7 Å². The van der Waals surface area contributed by atoms with Gasteiger partial charge in [-0.15, -0.1) is 16.7 Å². The summed E-state index contributed by atoms with van der Waals surface area (Å²) < 4.78 is 19.4. The summed E-state index contributed by atoms with van der Waals surface area (Å²) in [5.41, 5.74) is 1.09. The number of halogens is 2. The van der Waals surface area contributed by atoms with Gasteiger partial charge < -0.3 is 4.74 Å². The molecule has 106 valence electrons. The van der Waals surface area contributed by atoms with E-state index in [4.69, 9.17) is 16.3 Å². The lowest BCUT2D eigenvalue weighted by atomic mass is 10.2. The minimum atomic E-state index is -0.577. The number of nitrogens with zero attached hydrogens (tertiary/aromatic N) is 4. The lowest BCUT2D eigenvalue weighted by Gasteiger charge is -2.05. The van der Waals surface area contributed by atoms with Gasteiger partial charge in [-0.1, -0.05) is 5.21 Å². The molecule has 0 atom stereocenters. The molecule has 8 heteroatoms. The van der Waals surface area contributed by atoms with Crippen molar-refractivity contribution in [2.24, 2.45) is 0 Å². The minimum Gasteiger partial charge on any atom is -0.461 e. The number of hydrogen-bond donors (Lipinski definition) is 0. The highest BCUT2D eigenvalue weighted by molar-refractivity contribution is 6.17. The molecular formula is C12H12ClFN4O2. The Labute approximate surface area is 119 Å². The fourth-order valence-corrected chi connectivity index (χ4v) is 1.93. The van der Waals surface area contributed by atoms with Crippen molar-refractivity contribution in [2.75, 3.05) is 6.61 Å². The highest BCUT2D eigenvalue weighted by Gasteiger charge is 2.20. The van der Waals surface area contributed by atoms with Crippen LogP contribution in [-0.2, 0) is 17.2 Å². The zero-order valence-corrected chi connectivity index (χ0v) is 11.5. The van der Waals surface area contributed by atoms with Gasteiger partial charge in [-0.2, -0.15) is 0 Å². The Morgan fingerprint density at radius 1 is 1.50 bits per heavy atom. The minimum absolute atomic E-state index is 0.0455. The summed E-state index contributed by atoms with van der Waals surface area (Å²) in [6.45, 7) is 2.15. The Morgan fingerprint density at radius 2 is 2.30 bits per heavy atom. The number of rotatable bonds is 5. The molecule has 0 saturated heterocycles. The monoisotopic (exact) mass is 298 g/mol. The molecule has 0 N–H and O–H groups in total. The van der Waals surface area contributed by atoms with E-state index >= 15 is 0 Å². The van der Waals surface area contributed by atoms with Gasteiger partial charge in [0.05, 0.1) is 30.9 Å². The van der Waals surface area contributed by atoms with Crippen molar-refractivity contribution < 1.29 is 13.9 Å². The van der Waals surface area contributed by atoms with Crippen molar-refractivity contribution in [3.05, 3.63) is 41.2 Å². The first kappa shape index (κ1) is 14.4. The van der Waals surface area contributed by atoms with Gasteiger partial charge in [0, 0.05) is 6.20 Å². The van der Waals surface area contributed by atoms with Crippen LogP contribution >= 0.6 is 11.6 Å². The molecule has 6 nitrogen and oxygen atoms in total. The number of esters is 1. The number of ether oxygens (including phenoxy) is 1. The van der Waals surface area contributed by atoms with Crippen molar-refractivity contribution in [3.63, 3.8) is 0 Å². The van der Waals surface area contributed by atoms with E-state index in [0.717, 1.165) is 6.20 Å². The molecule has 2 aromatic heterocycles. The zero-order chi connectivity index (χ0) is 14.5. The van der Waals surface area contributed by atoms with Crippen molar-refractivity contribution in [1.82, 2.24) is 20.0 Å². The summed E-state index contributed by atoms with van der Waals surface area (Å²) in [6, 6.07) is 1.33. The van der Waals surface area contributed by atoms with Crippen molar-refractivity contribution >= 4 is 17.6 Å². The van der Waals surface area contributed by atoms with E-state index in [1.54, 1.807) is 6.92 Å². The standard InChI is InChI=1S/C12H12ClFN4O2/c1-2-20-12(19)11-10(4-13)18(17-16-11)7-8-3-9(14)6-15-5-8/h3,5-6H,2,4,7H2,1H3. The van der Waals surface area contributed by atoms with Gasteiger partial charge >= 0.3 is 5.97 Å². The molecule has 20 heavy (non-hydrogen) atoms. The summed E-state index contributed by atoms with van der Waals surface area (Å²) in [6.07, 6.45) is 2.62. The second kappa shape index (κ2) is 6.42. The van der Waals surface area contributed by atoms with Crippen molar-refractivity contribution in [2.45, 2.75) is 19.3 Å². The molecule has 2 aromatic rings. The van der Waals surface area contributed by atoms with Crippen LogP contribution in [0, 0.1) is 5.82 Å². The molecule has 0 radical (unpaired) electrons. The van der Waals surface area contributed by atoms with E-state index in [9.17, 15) is 9.18 Å². The molecule has 0 spiro atoms. The quantitative estimate of drug-likeness (QED) is 0.621. The number of alkyl halides is 1. The lowest BCUT2D eigenvalue weighted by molar-refractivity contribution is 0.0518. The number of pyridine rings is 1. The zero-order valence-electron chi connectivity index (χ0n) is 10.7. The summed E-state index contributed by atoms with van der Waals surface area (Å²) in [5, 5.41) is 7.61. The third-order valence-corrected chi connectivity index (χ3v) is 2.78. The van der Waals surface area contributed by atoms with Crippen LogP contribution in [0.5, 0.6) is 0 Å². The third-order valence-electron chi connectivity index (χ3n) is 2.53. The van der Waals surface area contributed by atoms with Gasteiger partial charge in [0.15, 0.2) is 5.69 Å². The van der Waals surface area contributed by atoms with Gasteiger partial charge in [-0.05, 0) is 18.6 Å². The van der Waals surface area contributed by atoms with Crippen LogP contribution in [0.15, 0.2) is 18.5 Å². The van der Waals surface area contributed by atoms with Gasteiger partial charge in [0.25, 0.3) is 0 Å². The molecule has 0 amide bonds. The Morgan fingerprint density at radius 3 is 2.95 bits per heavy atom. The molecule has 0 fully saturated rings. The molecule has 2 heterocycles. The largest absolute Gasteiger partial charge is 0.461 e. The topological polar surface area (TPSA) is 69.9 Å². The van der Waals surface area contributed by atoms with Gasteiger partial charge in [0.1, 0.15) is 5.82 Å². The Hall–Kier alpha value is -2.02. The molecule has 0 aliphatic heterocycles. The number of aromatic nitrogens is 4. The Bertz CT molecular complexity index is 617. The van der Waals surface area contributed by atoms with E-state index in [0.29, 0.717) is 11.3 Å². The molecule has 2 rings (SSSR count). The molecular weight excluding hydrogens is 287 g/mol. The molecule has 0 aromatic carbocycles. The fraction of sp³-hybridized carbons (Fsp3) is 0.333. The molecule has 0 unspecified atom stereocenters. The first-order valence-corrected chi connectivity index (χ1v) is 6.44. The van der Waals surface area contributed by atoms with Crippen molar-refractivity contribution in [3.8, 4) is 0 Å². The third kappa shape index (κ3) is 3.11. The van der Waals surface area contributed by atoms with Crippen LogP contribution in [-0.4, -0.2) is 32.6 Å². The van der Waals surface area contributed by atoms with Crippen molar-refractivity contribution in [1.29, 1.82) is 0 Å². The number of hydrogen-bond acceptors (Lipinski definition) is 5. The van der Waals surface area contributed by atoms with Crippen LogP contribution in [0.25, 0.3) is 0 Å². The van der Waals surface area contributed by atoms with E-state index in [1.165, 1.54) is 16.9 Å². The second-order valence-electron chi connectivity index (χ2n) is 3.91. The van der Waals surface area contributed by atoms with Gasteiger partial charge in [0.2, 0.25) is 0 Å². The first-order chi connectivity index (χ1) is 9.65. The van der Waals surface area contributed by atoms with Gasteiger partial charge in [-0.3, -0.25) is 4.98 Å². The normalized spacial score (nSPS) is 10.6. The summed E-state index contributed by atoms with van der Waals surface area (Å²) in [5.74, 6) is -0.975. The van der Waals surface area contributed by atoms with Crippen LogP contribution in [0.1, 0.15) is 28.7 Å². The molecule has 0 bridgehead atoms. The summed E-state index contributed by atoms with van der Waals surface area (Å²) in [4.78, 5) is 15.4. The van der Waals surface area contributed by atoms with E-state index in [2.05, 4.69) is 15.3 Å². The maximum atomic E-state index is 13.1. The second-order valence-corrected chi connectivity index (χ2v) is 4.18.